The molecule has 0 aromatic heterocycles. The predicted octanol–water partition coefficient (Wildman–Crippen LogP) is 2.19. The number of benzene rings is 1. The number of hydrogen-bond acceptors (Lipinski definition) is 1. The minimum atomic E-state index is 0. The summed E-state index contributed by atoms with van der Waals surface area (Å²) in [4.78, 5) is 0. The molecule has 0 aliphatic heterocycles. The van der Waals surface area contributed by atoms with E-state index in [1.165, 1.54) is 5.56 Å². The first-order valence-electron chi connectivity index (χ1n) is 3.58. The van der Waals surface area contributed by atoms with Gasteiger partial charge in [-0.05, 0) is 18.9 Å². The quantitative estimate of drug-likeness (QED) is 0.813. The Labute approximate surface area is 85.0 Å². The first-order valence-corrected chi connectivity index (χ1v) is 3.58. The van der Waals surface area contributed by atoms with Gasteiger partial charge in [0.1, 0.15) is 0 Å². The molecule has 2 N–H and O–H groups in total. The van der Waals surface area contributed by atoms with Crippen molar-refractivity contribution in [1.29, 1.82) is 0 Å². The van der Waals surface area contributed by atoms with E-state index < -0.39 is 0 Å². The Balaban J connectivity index is 0.000001000. The van der Waals surface area contributed by atoms with Gasteiger partial charge in [-0.2, -0.15) is 0 Å². The van der Waals surface area contributed by atoms with Crippen molar-refractivity contribution in [3.8, 4) is 0 Å². The van der Waals surface area contributed by atoms with E-state index in [0.717, 1.165) is 6.42 Å². The Morgan fingerprint density at radius 2 is 1.82 bits per heavy atom. The number of nitrogens with two attached hydrogens (primary N) is 1. The highest BCUT2D eigenvalue weighted by Gasteiger charge is 1.94. The molecule has 0 aliphatic carbocycles. The number of hydrogen-bond donors (Lipinski definition) is 1. The SMILES string of the molecule is C[C@@H](N)Cc1ccccc1.I. The molecule has 0 heterocycles. The van der Waals surface area contributed by atoms with Gasteiger partial charge < -0.3 is 5.73 Å². The lowest BCUT2D eigenvalue weighted by Gasteiger charge is -2.02. The van der Waals surface area contributed by atoms with Crippen molar-refractivity contribution in [2.45, 2.75) is 19.4 Å². The summed E-state index contributed by atoms with van der Waals surface area (Å²) in [5.74, 6) is 0. The molecule has 0 saturated heterocycles. The molecule has 2 heteroatoms. The number of halogens is 1. The second kappa shape index (κ2) is 5.55. The Hall–Kier alpha value is -0.0900. The van der Waals surface area contributed by atoms with Gasteiger partial charge in [-0.1, -0.05) is 30.3 Å². The summed E-state index contributed by atoms with van der Waals surface area (Å²) in [7, 11) is 0. The largest absolute Gasteiger partial charge is 0.328 e. The molecule has 1 aromatic rings. The molecule has 0 fully saturated rings. The van der Waals surface area contributed by atoms with Crippen molar-refractivity contribution < 1.29 is 0 Å². The van der Waals surface area contributed by atoms with E-state index in [1.54, 1.807) is 0 Å². The third kappa shape index (κ3) is 4.37. The van der Waals surface area contributed by atoms with Gasteiger partial charge in [0, 0.05) is 6.04 Å². The first kappa shape index (κ1) is 10.9. The highest BCUT2D eigenvalue weighted by atomic mass is 127. The van der Waals surface area contributed by atoms with Crippen molar-refractivity contribution in [3.05, 3.63) is 35.9 Å². The molecule has 0 aliphatic rings. The molecule has 0 radical (unpaired) electrons. The molecule has 1 nitrogen and oxygen atoms in total. The zero-order chi connectivity index (χ0) is 7.40. The molecular formula is C9H14IN. The fourth-order valence-corrected chi connectivity index (χ4v) is 0.986. The van der Waals surface area contributed by atoms with E-state index in [9.17, 15) is 0 Å². The minimum Gasteiger partial charge on any atom is -0.328 e. The van der Waals surface area contributed by atoms with Gasteiger partial charge in [0.25, 0.3) is 0 Å². The second-order valence-electron chi connectivity index (χ2n) is 2.67. The Bertz CT molecular complexity index is 184. The van der Waals surface area contributed by atoms with Crippen molar-refractivity contribution in [2.24, 2.45) is 5.73 Å². The lowest BCUT2D eigenvalue weighted by atomic mass is 10.1. The van der Waals surface area contributed by atoms with Crippen molar-refractivity contribution in [3.63, 3.8) is 0 Å². The van der Waals surface area contributed by atoms with E-state index in [-0.39, 0.29) is 30.0 Å². The van der Waals surface area contributed by atoms with Crippen molar-refractivity contribution >= 4 is 24.0 Å². The Morgan fingerprint density at radius 1 is 1.27 bits per heavy atom. The van der Waals surface area contributed by atoms with Crippen LogP contribution >= 0.6 is 24.0 Å². The molecule has 1 atom stereocenters. The van der Waals surface area contributed by atoms with Crippen LogP contribution in [0.25, 0.3) is 0 Å². The smallest absolute Gasteiger partial charge is 0.00509 e. The van der Waals surface area contributed by atoms with Crippen LogP contribution in [0.2, 0.25) is 0 Å². The molecule has 62 valence electrons. The van der Waals surface area contributed by atoms with Gasteiger partial charge in [-0.3, -0.25) is 0 Å². The molecule has 0 unspecified atom stereocenters. The summed E-state index contributed by atoms with van der Waals surface area (Å²) in [5, 5.41) is 0. The normalized spacial score (nSPS) is 11.8. The highest BCUT2D eigenvalue weighted by molar-refractivity contribution is 14.0. The maximum absolute atomic E-state index is 5.62. The topological polar surface area (TPSA) is 26.0 Å². The van der Waals surface area contributed by atoms with Crippen molar-refractivity contribution in [1.82, 2.24) is 0 Å². The molecule has 11 heavy (non-hydrogen) atoms. The fraction of sp³-hybridized carbons (Fsp3) is 0.333. The molecular weight excluding hydrogens is 249 g/mol. The van der Waals surface area contributed by atoms with Crippen LogP contribution in [0.4, 0.5) is 0 Å². The molecule has 0 spiro atoms. The minimum absolute atomic E-state index is 0. The fourth-order valence-electron chi connectivity index (χ4n) is 0.986. The second-order valence-corrected chi connectivity index (χ2v) is 2.67. The maximum atomic E-state index is 5.62. The lowest BCUT2D eigenvalue weighted by molar-refractivity contribution is 0.738. The van der Waals surface area contributed by atoms with Gasteiger partial charge in [0.2, 0.25) is 0 Å². The van der Waals surface area contributed by atoms with Crippen LogP contribution in [0.15, 0.2) is 30.3 Å². The summed E-state index contributed by atoms with van der Waals surface area (Å²) < 4.78 is 0. The zero-order valence-corrected chi connectivity index (χ0v) is 8.99. The van der Waals surface area contributed by atoms with Gasteiger partial charge >= 0.3 is 0 Å². The van der Waals surface area contributed by atoms with Crippen LogP contribution in [0.5, 0.6) is 0 Å². The van der Waals surface area contributed by atoms with E-state index >= 15 is 0 Å². The zero-order valence-electron chi connectivity index (χ0n) is 6.66. The van der Waals surface area contributed by atoms with Crippen LogP contribution in [0.1, 0.15) is 12.5 Å². The van der Waals surface area contributed by atoms with Crippen LogP contribution < -0.4 is 5.73 Å². The third-order valence-corrected chi connectivity index (χ3v) is 1.40. The van der Waals surface area contributed by atoms with E-state index in [1.807, 2.05) is 25.1 Å². The molecule has 1 aromatic carbocycles. The monoisotopic (exact) mass is 263 g/mol. The predicted molar refractivity (Wildman–Crippen MR) is 59.2 cm³/mol. The average Bonchev–Trinajstić information content (AvgIpc) is 1.88. The van der Waals surface area contributed by atoms with E-state index in [4.69, 9.17) is 5.73 Å². The summed E-state index contributed by atoms with van der Waals surface area (Å²) in [6.45, 7) is 2.02. The molecule has 0 saturated carbocycles. The van der Waals surface area contributed by atoms with Crippen LogP contribution in [-0.4, -0.2) is 6.04 Å². The first-order chi connectivity index (χ1) is 4.79. The average molecular weight is 263 g/mol. The maximum Gasteiger partial charge on any atom is 0.00509 e. The summed E-state index contributed by atoms with van der Waals surface area (Å²) in [6.07, 6.45) is 0.973. The van der Waals surface area contributed by atoms with Gasteiger partial charge in [-0.15, -0.1) is 24.0 Å². The van der Waals surface area contributed by atoms with Crippen LogP contribution in [-0.2, 0) is 6.42 Å². The van der Waals surface area contributed by atoms with E-state index in [0.29, 0.717) is 0 Å². The van der Waals surface area contributed by atoms with Gasteiger partial charge in [0.15, 0.2) is 0 Å². The summed E-state index contributed by atoms with van der Waals surface area (Å²) >= 11 is 0. The van der Waals surface area contributed by atoms with Crippen LogP contribution in [0.3, 0.4) is 0 Å². The number of rotatable bonds is 2. The van der Waals surface area contributed by atoms with Crippen molar-refractivity contribution in [2.75, 3.05) is 0 Å². The molecule has 0 amide bonds. The highest BCUT2D eigenvalue weighted by Crippen LogP contribution is 2.00. The molecule has 1 rings (SSSR count). The lowest BCUT2D eigenvalue weighted by Crippen LogP contribution is -2.17. The summed E-state index contributed by atoms with van der Waals surface area (Å²) in [6, 6.07) is 10.6. The van der Waals surface area contributed by atoms with Gasteiger partial charge in [-0.25, -0.2) is 0 Å². The van der Waals surface area contributed by atoms with Gasteiger partial charge in [0.05, 0.1) is 0 Å². The third-order valence-electron chi connectivity index (χ3n) is 1.40. The Kier molecular flexibility index (Phi) is 5.50. The van der Waals surface area contributed by atoms with E-state index in [2.05, 4.69) is 12.1 Å². The van der Waals surface area contributed by atoms with Crippen LogP contribution in [0, 0.1) is 0 Å². The summed E-state index contributed by atoms with van der Waals surface area (Å²) in [5.41, 5.74) is 6.94. The molecule has 0 bridgehead atoms. The standard InChI is InChI=1S/C9H13N.HI/c1-8(10)7-9-5-3-2-4-6-9;/h2-6,8H,7,10H2,1H3;1H/t8-;/m1./s1. The Morgan fingerprint density at radius 3 is 2.27 bits per heavy atom.